The topological polar surface area (TPSA) is 38.7 Å². The van der Waals surface area contributed by atoms with E-state index < -0.39 is 0 Å². The van der Waals surface area contributed by atoms with Crippen LogP contribution < -0.4 is 4.74 Å². The van der Waals surface area contributed by atoms with Gasteiger partial charge in [-0.1, -0.05) is 30.0 Å². The lowest BCUT2D eigenvalue weighted by atomic mass is 10.3. The van der Waals surface area contributed by atoms with Crippen LogP contribution in [-0.2, 0) is 11.3 Å². The molecule has 1 aromatic heterocycles. The minimum absolute atomic E-state index is 0.106. The van der Waals surface area contributed by atoms with E-state index in [-0.39, 0.29) is 6.61 Å². The van der Waals surface area contributed by atoms with Crippen molar-refractivity contribution in [2.45, 2.75) is 13.0 Å². The number of aliphatic hydroxyl groups excluding tert-OH is 1. The molecular formula is C17H18O3S. The number of rotatable bonds is 7. The predicted octanol–water partition coefficient (Wildman–Crippen LogP) is 3.08. The quantitative estimate of drug-likeness (QED) is 0.631. The second kappa shape index (κ2) is 9.19. The van der Waals surface area contributed by atoms with E-state index in [1.165, 1.54) is 0 Å². The number of hydrogen-bond donors (Lipinski definition) is 1. The molecule has 0 spiro atoms. The summed E-state index contributed by atoms with van der Waals surface area (Å²) in [4.78, 5) is 1.14. The summed E-state index contributed by atoms with van der Waals surface area (Å²) < 4.78 is 11.1. The van der Waals surface area contributed by atoms with Crippen LogP contribution in [0.15, 0.2) is 41.8 Å². The van der Waals surface area contributed by atoms with Gasteiger partial charge in [0.05, 0.1) is 19.8 Å². The van der Waals surface area contributed by atoms with Gasteiger partial charge < -0.3 is 14.6 Å². The highest BCUT2D eigenvalue weighted by Crippen LogP contribution is 2.15. The van der Waals surface area contributed by atoms with Crippen molar-refractivity contribution in [3.05, 3.63) is 52.2 Å². The highest BCUT2D eigenvalue weighted by Gasteiger charge is 1.98. The molecule has 1 heterocycles. The van der Waals surface area contributed by atoms with Crippen LogP contribution in [0.5, 0.6) is 5.75 Å². The molecule has 1 aromatic carbocycles. The SMILES string of the molecule is OCCC#Cc1csc(COCCOc2ccccc2)c1. The molecule has 0 aliphatic carbocycles. The first-order chi connectivity index (χ1) is 10.4. The number of para-hydroxylation sites is 1. The van der Waals surface area contributed by atoms with Crippen LogP contribution in [0, 0.1) is 11.8 Å². The maximum absolute atomic E-state index is 8.67. The Morgan fingerprint density at radius 1 is 1.14 bits per heavy atom. The number of aliphatic hydroxyl groups is 1. The Hall–Kier alpha value is -1.80. The van der Waals surface area contributed by atoms with Gasteiger partial charge in [-0.25, -0.2) is 0 Å². The van der Waals surface area contributed by atoms with Crippen LogP contribution >= 0.6 is 11.3 Å². The first-order valence-electron chi connectivity index (χ1n) is 6.81. The summed E-state index contributed by atoms with van der Waals surface area (Å²) in [6, 6.07) is 11.7. The van der Waals surface area contributed by atoms with Gasteiger partial charge in [-0.3, -0.25) is 0 Å². The molecule has 0 aliphatic rings. The maximum atomic E-state index is 8.67. The molecule has 0 atom stereocenters. The van der Waals surface area contributed by atoms with E-state index in [0.717, 1.165) is 16.2 Å². The van der Waals surface area contributed by atoms with Gasteiger partial charge in [-0.15, -0.1) is 11.3 Å². The Morgan fingerprint density at radius 3 is 2.81 bits per heavy atom. The second-order valence-electron chi connectivity index (χ2n) is 4.29. The molecule has 0 unspecified atom stereocenters. The zero-order valence-corrected chi connectivity index (χ0v) is 12.6. The Bertz CT molecular complexity index is 581. The first kappa shape index (κ1) is 15.6. The summed E-state index contributed by atoms with van der Waals surface area (Å²) in [7, 11) is 0. The van der Waals surface area contributed by atoms with Crippen LogP contribution in [0.1, 0.15) is 16.9 Å². The summed E-state index contributed by atoms with van der Waals surface area (Å²) in [5.74, 6) is 6.77. The third-order valence-electron chi connectivity index (χ3n) is 2.61. The Morgan fingerprint density at radius 2 is 2.00 bits per heavy atom. The minimum Gasteiger partial charge on any atom is -0.491 e. The molecule has 0 amide bonds. The molecule has 0 saturated carbocycles. The van der Waals surface area contributed by atoms with E-state index in [4.69, 9.17) is 14.6 Å². The molecule has 2 aromatic rings. The summed E-state index contributed by atoms with van der Waals surface area (Å²) >= 11 is 1.63. The van der Waals surface area contributed by atoms with E-state index in [0.29, 0.717) is 26.2 Å². The zero-order valence-electron chi connectivity index (χ0n) is 11.7. The van der Waals surface area contributed by atoms with Crippen molar-refractivity contribution in [3.63, 3.8) is 0 Å². The lowest BCUT2D eigenvalue weighted by Gasteiger charge is -2.06. The fourth-order valence-electron chi connectivity index (χ4n) is 1.65. The van der Waals surface area contributed by atoms with E-state index in [1.807, 2.05) is 41.8 Å². The largest absolute Gasteiger partial charge is 0.491 e. The second-order valence-corrected chi connectivity index (χ2v) is 5.29. The van der Waals surface area contributed by atoms with E-state index in [9.17, 15) is 0 Å². The molecule has 0 saturated heterocycles. The third-order valence-corrected chi connectivity index (χ3v) is 3.52. The fraction of sp³-hybridized carbons (Fsp3) is 0.294. The Balaban J connectivity index is 1.64. The van der Waals surface area contributed by atoms with E-state index >= 15 is 0 Å². The van der Waals surface area contributed by atoms with Crippen LogP contribution in [-0.4, -0.2) is 24.9 Å². The monoisotopic (exact) mass is 302 g/mol. The van der Waals surface area contributed by atoms with Crippen molar-refractivity contribution < 1.29 is 14.6 Å². The molecule has 0 fully saturated rings. The normalized spacial score (nSPS) is 9.95. The lowest BCUT2D eigenvalue weighted by molar-refractivity contribution is 0.0905. The highest BCUT2D eigenvalue weighted by atomic mass is 32.1. The van der Waals surface area contributed by atoms with Crippen molar-refractivity contribution in [3.8, 4) is 17.6 Å². The van der Waals surface area contributed by atoms with Gasteiger partial charge in [0.1, 0.15) is 12.4 Å². The van der Waals surface area contributed by atoms with Gasteiger partial charge in [0.2, 0.25) is 0 Å². The van der Waals surface area contributed by atoms with Crippen molar-refractivity contribution in [2.24, 2.45) is 0 Å². The number of ether oxygens (including phenoxy) is 2. The average molecular weight is 302 g/mol. The van der Waals surface area contributed by atoms with Crippen LogP contribution in [0.25, 0.3) is 0 Å². The van der Waals surface area contributed by atoms with Gasteiger partial charge in [0, 0.05) is 22.2 Å². The van der Waals surface area contributed by atoms with E-state index in [2.05, 4.69) is 11.8 Å². The molecule has 2 rings (SSSR count). The molecule has 0 aliphatic heterocycles. The smallest absolute Gasteiger partial charge is 0.119 e. The van der Waals surface area contributed by atoms with Crippen molar-refractivity contribution in [2.75, 3.05) is 19.8 Å². The summed E-state index contributed by atoms with van der Waals surface area (Å²) in [6.07, 6.45) is 0.512. The maximum Gasteiger partial charge on any atom is 0.119 e. The van der Waals surface area contributed by atoms with Crippen LogP contribution in [0.4, 0.5) is 0 Å². The van der Waals surface area contributed by atoms with Gasteiger partial charge in [0.25, 0.3) is 0 Å². The third kappa shape index (κ3) is 6.01. The predicted molar refractivity (Wildman–Crippen MR) is 84.5 cm³/mol. The molecule has 21 heavy (non-hydrogen) atoms. The molecule has 4 heteroatoms. The van der Waals surface area contributed by atoms with Gasteiger partial charge in [0.15, 0.2) is 0 Å². The zero-order chi connectivity index (χ0) is 14.8. The van der Waals surface area contributed by atoms with E-state index in [1.54, 1.807) is 11.3 Å². The van der Waals surface area contributed by atoms with Gasteiger partial charge in [-0.05, 0) is 18.2 Å². The molecular weight excluding hydrogens is 284 g/mol. The molecule has 3 nitrogen and oxygen atoms in total. The van der Waals surface area contributed by atoms with Gasteiger partial charge in [-0.2, -0.15) is 0 Å². The average Bonchev–Trinajstić information content (AvgIpc) is 2.96. The number of thiophene rings is 1. The minimum atomic E-state index is 0.106. The van der Waals surface area contributed by atoms with Crippen molar-refractivity contribution >= 4 is 11.3 Å². The fourth-order valence-corrected chi connectivity index (χ4v) is 2.40. The van der Waals surface area contributed by atoms with Crippen molar-refractivity contribution in [1.82, 2.24) is 0 Å². The van der Waals surface area contributed by atoms with Crippen LogP contribution in [0.2, 0.25) is 0 Å². The van der Waals surface area contributed by atoms with Gasteiger partial charge >= 0.3 is 0 Å². The molecule has 110 valence electrons. The first-order valence-corrected chi connectivity index (χ1v) is 7.69. The number of hydrogen-bond acceptors (Lipinski definition) is 4. The standard InChI is InChI=1S/C17H18O3S/c18-9-5-4-6-15-12-17(21-14-15)13-19-10-11-20-16-7-2-1-3-8-16/h1-3,7-8,12,14,18H,5,9-11,13H2. The number of benzene rings is 1. The molecule has 0 radical (unpaired) electrons. The van der Waals surface area contributed by atoms with Crippen molar-refractivity contribution in [1.29, 1.82) is 0 Å². The highest BCUT2D eigenvalue weighted by molar-refractivity contribution is 7.10. The summed E-state index contributed by atoms with van der Waals surface area (Å²) in [6.45, 7) is 1.77. The summed E-state index contributed by atoms with van der Waals surface area (Å²) in [5.41, 5.74) is 0.979. The Kier molecular flexibility index (Phi) is 6.82. The van der Waals surface area contributed by atoms with Crippen LogP contribution in [0.3, 0.4) is 0 Å². The molecule has 0 bridgehead atoms. The summed E-state index contributed by atoms with van der Waals surface area (Å²) in [5, 5.41) is 10.7. The Labute approximate surface area is 129 Å². The lowest BCUT2D eigenvalue weighted by Crippen LogP contribution is -2.06. The molecule has 1 N–H and O–H groups in total.